The summed E-state index contributed by atoms with van der Waals surface area (Å²) in [5.74, 6) is -0.744. The molecule has 3 atom stereocenters. The van der Waals surface area contributed by atoms with E-state index in [4.69, 9.17) is 44.3 Å². The van der Waals surface area contributed by atoms with E-state index < -0.39 is 11.8 Å². The molecule has 5 nitrogen and oxygen atoms in total. The van der Waals surface area contributed by atoms with Gasteiger partial charge in [0.1, 0.15) is 5.75 Å². The van der Waals surface area contributed by atoms with E-state index in [0.29, 0.717) is 17.2 Å². The quantitative estimate of drug-likeness (QED) is 0.407. The SMILES string of the molecule is CCOC(=O)[C@H](c1cccc(OC)c1)[C@H]1C=C[C@H](NC(=O)c2c(Cl)cc(Cl)cc2Cl)C1. The maximum atomic E-state index is 12.8. The molecule has 0 heterocycles. The first kappa shape index (κ1) is 23.5. The molecule has 0 bridgehead atoms. The van der Waals surface area contributed by atoms with Crippen LogP contribution in [0.3, 0.4) is 0 Å². The minimum atomic E-state index is -0.518. The monoisotopic (exact) mass is 481 g/mol. The highest BCUT2D eigenvalue weighted by atomic mass is 35.5. The van der Waals surface area contributed by atoms with Crippen LogP contribution in [-0.4, -0.2) is 31.6 Å². The van der Waals surface area contributed by atoms with Gasteiger partial charge in [0.25, 0.3) is 5.91 Å². The van der Waals surface area contributed by atoms with Crippen LogP contribution >= 0.6 is 34.8 Å². The van der Waals surface area contributed by atoms with Crippen molar-refractivity contribution in [2.75, 3.05) is 13.7 Å². The Morgan fingerprint density at radius 2 is 1.84 bits per heavy atom. The Morgan fingerprint density at radius 3 is 2.48 bits per heavy atom. The standard InChI is InChI=1S/C23H22Cl3NO4/c1-3-31-23(29)20(13-5-4-6-17(10-13)30-2)14-7-8-16(9-14)27-22(28)21-18(25)11-15(24)12-19(21)26/h4-8,10-12,14,16,20H,3,9H2,1-2H3,(H,27,28)/t14-,16-,20+/m0/s1. The molecule has 0 unspecified atom stereocenters. The number of rotatable bonds is 7. The topological polar surface area (TPSA) is 64.6 Å². The average molecular weight is 483 g/mol. The Kier molecular flexibility index (Phi) is 7.87. The van der Waals surface area contributed by atoms with Gasteiger partial charge in [-0.25, -0.2) is 0 Å². The van der Waals surface area contributed by atoms with Crippen LogP contribution in [0.1, 0.15) is 35.2 Å². The molecule has 1 amide bonds. The van der Waals surface area contributed by atoms with Crippen molar-refractivity contribution in [3.05, 3.63) is 74.7 Å². The highest BCUT2D eigenvalue weighted by molar-refractivity contribution is 6.42. The van der Waals surface area contributed by atoms with E-state index in [0.717, 1.165) is 5.56 Å². The maximum absolute atomic E-state index is 12.8. The normalized spacial score (nSPS) is 18.5. The van der Waals surface area contributed by atoms with Gasteiger partial charge in [-0.15, -0.1) is 0 Å². The van der Waals surface area contributed by atoms with Crippen molar-refractivity contribution in [3.8, 4) is 5.75 Å². The van der Waals surface area contributed by atoms with Gasteiger partial charge in [0.2, 0.25) is 0 Å². The summed E-state index contributed by atoms with van der Waals surface area (Å²) in [6.07, 6.45) is 4.32. The van der Waals surface area contributed by atoms with Crippen molar-refractivity contribution >= 4 is 46.7 Å². The van der Waals surface area contributed by atoms with Gasteiger partial charge < -0.3 is 14.8 Å². The van der Waals surface area contributed by atoms with Crippen molar-refractivity contribution < 1.29 is 19.1 Å². The number of allylic oxidation sites excluding steroid dienone is 1. The number of carbonyl (C=O) groups is 2. The molecule has 0 radical (unpaired) electrons. The molecule has 0 spiro atoms. The van der Waals surface area contributed by atoms with Crippen LogP contribution in [0.15, 0.2) is 48.6 Å². The first-order valence-corrected chi connectivity index (χ1v) is 10.9. The van der Waals surface area contributed by atoms with Gasteiger partial charge in [0, 0.05) is 11.1 Å². The molecule has 0 saturated heterocycles. The fourth-order valence-electron chi connectivity index (χ4n) is 3.71. The summed E-state index contributed by atoms with van der Waals surface area (Å²) in [5, 5.41) is 3.61. The van der Waals surface area contributed by atoms with Crippen LogP contribution in [0.25, 0.3) is 0 Å². The van der Waals surface area contributed by atoms with E-state index in [1.54, 1.807) is 14.0 Å². The number of ether oxygens (including phenoxy) is 2. The number of carbonyl (C=O) groups excluding carboxylic acids is 2. The fourth-order valence-corrected chi connectivity index (χ4v) is 4.69. The highest BCUT2D eigenvalue weighted by Crippen LogP contribution is 2.36. The Hall–Kier alpha value is -2.21. The number of amides is 1. The Bertz CT molecular complexity index is 985. The summed E-state index contributed by atoms with van der Waals surface area (Å²) in [7, 11) is 1.58. The van der Waals surface area contributed by atoms with Gasteiger partial charge in [0.05, 0.1) is 35.2 Å². The molecule has 1 N–H and O–H groups in total. The second-order valence-electron chi connectivity index (χ2n) is 7.12. The second kappa shape index (κ2) is 10.4. The summed E-state index contributed by atoms with van der Waals surface area (Å²) >= 11 is 18.2. The lowest BCUT2D eigenvalue weighted by Crippen LogP contribution is -2.34. The second-order valence-corrected chi connectivity index (χ2v) is 8.37. The third-order valence-corrected chi connectivity index (χ3v) is 5.90. The summed E-state index contributed by atoms with van der Waals surface area (Å²) in [5.41, 5.74) is 0.961. The average Bonchev–Trinajstić information content (AvgIpc) is 3.15. The van der Waals surface area contributed by atoms with Crippen molar-refractivity contribution in [2.45, 2.75) is 25.3 Å². The van der Waals surface area contributed by atoms with Crippen molar-refractivity contribution in [1.82, 2.24) is 5.32 Å². The summed E-state index contributed by atoms with van der Waals surface area (Å²) in [6, 6.07) is 10.0. The Balaban J connectivity index is 1.77. The van der Waals surface area contributed by atoms with Crippen LogP contribution in [0.2, 0.25) is 15.1 Å². The molecule has 0 aromatic heterocycles. The number of hydrogen-bond donors (Lipinski definition) is 1. The molecule has 2 aromatic rings. The summed E-state index contributed by atoms with van der Waals surface area (Å²) in [6.45, 7) is 2.05. The van der Waals surface area contributed by atoms with Crippen molar-refractivity contribution in [1.29, 1.82) is 0 Å². The zero-order valence-electron chi connectivity index (χ0n) is 17.0. The predicted molar refractivity (Wildman–Crippen MR) is 122 cm³/mol. The molecule has 3 rings (SSSR count). The smallest absolute Gasteiger partial charge is 0.314 e. The molecule has 2 aromatic carbocycles. The van der Waals surface area contributed by atoms with E-state index >= 15 is 0 Å². The number of halogens is 3. The van der Waals surface area contributed by atoms with E-state index in [2.05, 4.69) is 5.32 Å². The van der Waals surface area contributed by atoms with Gasteiger partial charge in [-0.2, -0.15) is 0 Å². The largest absolute Gasteiger partial charge is 0.497 e. The maximum Gasteiger partial charge on any atom is 0.314 e. The first-order valence-electron chi connectivity index (χ1n) is 9.78. The van der Waals surface area contributed by atoms with E-state index in [-0.39, 0.29) is 40.1 Å². The van der Waals surface area contributed by atoms with Gasteiger partial charge >= 0.3 is 5.97 Å². The third-order valence-electron chi connectivity index (χ3n) is 5.09. The molecule has 164 valence electrons. The van der Waals surface area contributed by atoms with Crippen LogP contribution in [0.5, 0.6) is 5.75 Å². The summed E-state index contributed by atoms with van der Waals surface area (Å²) in [4.78, 5) is 25.5. The molecule has 8 heteroatoms. The number of hydrogen-bond acceptors (Lipinski definition) is 4. The molecule has 1 aliphatic rings. The van der Waals surface area contributed by atoms with Gasteiger partial charge in [-0.05, 0) is 49.1 Å². The van der Waals surface area contributed by atoms with E-state index in [9.17, 15) is 9.59 Å². The fraction of sp³-hybridized carbons (Fsp3) is 0.304. The number of nitrogens with one attached hydrogen (secondary N) is 1. The van der Waals surface area contributed by atoms with Crippen molar-refractivity contribution in [3.63, 3.8) is 0 Å². The predicted octanol–water partition coefficient (Wildman–Crippen LogP) is 5.68. The lowest BCUT2D eigenvalue weighted by atomic mass is 9.85. The molecular weight excluding hydrogens is 461 g/mol. The minimum Gasteiger partial charge on any atom is -0.497 e. The van der Waals surface area contributed by atoms with Crippen LogP contribution in [0.4, 0.5) is 0 Å². The highest BCUT2D eigenvalue weighted by Gasteiger charge is 2.35. The van der Waals surface area contributed by atoms with Crippen molar-refractivity contribution in [2.24, 2.45) is 5.92 Å². The molecule has 0 aliphatic heterocycles. The molecule has 31 heavy (non-hydrogen) atoms. The number of methoxy groups -OCH3 is 1. The molecule has 0 saturated carbocycles. The molecule has 1 aliphatic carbocycles. The van der Waals surface area contributed by atoms with Crippen LogP contribution in [0, 0.1) is 5.92 Å². The molecular formula is C23H22Cl3NO4. The first-order chi connectivity index (χ1) is 14.8. The Morgan fingerprint density at radius 1 is 1.13 bits per heavy atom. The summed E-state index contributed by atoms with van der Waals surface area (Å²) < 4.78 is 10.6. The van der Waals surface area contributed by atoms with Gasteiger partial charge in [0.15, 0.2) is 0 Å². The van der Waals surface area contributed by atoms with Crippen LogP contribution in [-0.2, 0) is 9.53 Å². The zero-order chi connectivity index (χ0) is 22.5. The van der Waals surface area contributed by atoms with Gasteiger partial charge in [-0.1, -0.05) is 59.1 Å². The van der Waals surface area contributed by atoms with Crippen LogP contribution < -0.4 is 10.1 Å². The van der Waals surface area contributed by atoms with Gasteiger partial charge in [-0.3, -0.25) is 9.59 Å². The lowest BCUT2D eigenvalue weighted by Gasteiger charge is -2.23. The zero-order valence-corrected chi connectivity index (χ0v) is 19.3. The molecule has 0 fully saturated rings. The van der Waals surface area contributed by atoms with E-state index in [1.807, 2.05) is 36.4 Å². The number of benzene rings is 2. The third kappa shape index (κ3) is 5.53. The van der Waals surface area contributed by atoms with E-state index in [1.165, 1.54) is 12.1 Å². The lowest BCUT2D eigenvalue weighted by molar-refractivity contribution is -0.146. The number of esters is 1. The minimum absolute atomic E-state index is 0.160. The Labute approximate surface area is 196 Å².